The third kappa shape index (κ3) is 3.61. The number of nitrogens with one attached hydrogen (secondary N) is 1. The molecule has 1 saturated carbocycles. The van der Waals surface area contributed by atoms with Gasteiger partial charge in [-0.05, 0) is 38.1 Å². The van der Waals surface area contributed by atoms with Crippen LogP contribution in [0, 0.1) is 0 Å². The van der Waals surface area contributed by atoms with E-state index in [2.05, 4.69) is 5.32 Å². The Hall–Kier alpha value is -1.26. The Bertz CT molecular complexity index is 414. The van der Waals surface area contributed by atoms with Gasteiger partial charge in [0.15, 0.2) is 0 Å². The Morgan fingerprint density at radius 2 is 2.05 bits per heavy atom. The summed E-state index contributed by atoms with van der Waals surface area (Å²) in [7, 11) is 3.55. The van der Waals surface area contributed by atoms with Crippen molar-refractivity contribution in [2.45, 2.75) is 37.8 Å². The lowest BCUT2D eigenvalue weighted by atomic mass is 10.0. The van der Waals surface area contributed by atoms with Crippen molar-refractivity contribution in [3.05, 3.63) is 23.8 Å². The van der Waals surface area contributed by atoms with Crippen molar-refractivity contribution in [2.24, 2.45) is 0 Å². The van der Waals surface area contributed by atoms with E-state index in [-0.39, 0.29) is 0 Å². The third-order valence-electron chi connectivity index (χ3n) is 3.67. The predicted octanol–water partition coefficient (Wildman–Crippen LogP) is 2.10. The van der Waals surface area contributed by atoms with Crippen molar-refractivity contribution in [1.29, 1.82) is 0 Å². The number of rotatable bonds is 6. The van der Waals surface area contributed by atoms with Gasteiger partial charge < -0.3 is 19.9 Å². The van der Waals surface area contributed by atoms with Crippen molar-refractivity contribution in [1.82, 2.24) is 5.32 Å². The number of benzene rings is 1. The molecule has 2 rings (SSSR count). The lowest BCUT2D eigenvalue weighted by Gasteiger charge is -2.23. The van der Waals surface area contributed by atoms with Crippen LogP contribution in [0.3, 0.4) is 0 Å². The summed E-state index contributed by atoms with van der Waals surface area (Å²) in [4.78, 5) is 0. The summed E-state index contributed by atoms with van der Waals surface area (Å²) in [5.74, 6) is 1.63. The molecular formula is C15H23NO3. The van der Waals surface area contributed by atoms with E-state index < -0.39 is 5.60 Å². The number of aliphatic hydroxyl groups is 1. The van der Waals surface area contributed by atoms with Crippen LogP contribution < -0.4 is 14.8 Å². The monoisotopic (exact) mass is 265 g/mol. The molecule has 0 radical (unpaired) electrons. The van der Waals surface area contributed by atoms with Crippen molar-refractivity contribution in [3.63, 3.8) is 0 Å². The molecule has 1 aliphatic carbocycles. The second-order valence-electron chi connectivity index (χ2n) is 5.22. The predicted molar refractivity (Wildman–Crippen MR) is 74.7 cm³/mol. The van der Waals surface area contributed by atoms with E-state index in [1.165, 1.54) is 0 Å². The average molecular weight is 265 g/mol. The summed E-state index contributed by atoms with van der Waals surface area (Å²) in [6, 6.07) is 5.75. The van der Waals surface area contributed by atoms with E-state index in [1.807, 2.05) is 25.2 Å². The van der Waals surface area contributed by atoms with Gasteiger partial charge in [0.25, 0.3) is 0 Å². The van der Waals surface area contributed by atoms with Gasteiger partial charge in [0.1, 0.15) is 18.1 Å². The van der Waals surface area contributed by atoms with Gasteiger partial charge in [0.05, 0.1) is 12.7 Å². The minimum absolute atomic E-state index is 0.371. The van der Waals surface area contributed by atoms with Crippen LogP contribution in [-0.2, 0) is 6.54 Å². The molecular weight excluding hydrogens is 242 g/mol. The van der Waals surface area contributed by atoms with Crippen molar-refractivity contribution in [2.75, 3.05) is 20.8 Å². The molecule has 0 spiro atoms. The van der Waals surface area contributed by atoms with Gasteiger partial charge in [-0.2, -0.15) is 0 Å². The lowest BCUT2D eigenvalue weighted by Crippen LogP contribution is -2.32. The van der Waals surface area contributed by atoms with E-state index in [1.54, 1.807) is 7.11 Å². The summed E-state index contributed by atoms with van der Waals surface area (Å²) < 4.78 is 11.1. The second-order valence-corrected chi connectivity index (χ2v) is 5.22. The molecule has 4 heteroatoms. The highest BCUT2D eigenvalue weighted by Crippen LogP contribution is 2.31. The Morgan fingerprint density at radius 3 is 2.68 bits per heavy atom. The highest BCUT2D eigenvalue weighted by atomic mass is 16.5. The maximum atomic E-state index is 10.3. The van der Waals surface area contributed by atoms with Crippen LogP contribution in [0.5, 0.6) is 11.5 Å². The smallest absolute Gasteiger partial charge is 0.124 e. The zero-order valence-electron chi connectivity index (χ0n) is 11.7. The van der Waals surface area contributed by atoms with Gasteiger partial charge in [-0.25, -0.2) is 0 Å². The van der Waals surface area contributed by atoms with Crippen LogP contribution in [0.2, 0.25) is 0 Å². The van der Waals surface area contributed by atoms with E-state index in [9.17, 15) is 5.11 Å². The molecule has 1 aromatic carbocycles. The molecule has 0 aliphatic heterocycles. The van der Waals surface area contributed by atoms with Crippen molar-refractivity contribution < 1.29 is 14.6 Å². The highest BCUT2D eigenvalue weighted by molar-refractivity contribution is 5.40. The van der Waals surface area contributed by atoms with E-state index in [4.69, 9.17) is 9.47 Å². The summed E-state index contributed by atoms with van der Waals surface area (Å²) >= 11 is 0. The van der Waals surface area contributed by atoms with Crippen LogP contribution in [0.15, 0.2) is 18.2 Å². The number of hydrogen-bond donors (Lipinski definition) is 2. The second kappa shape index (κ2) is 6.26. The molecule has 4 nitrogen and oxygen atoms in total. The first-order valence-electron chi connectivity index (χ1n) is 6.83. The van der Waals surface area contributed by atoms with E-state index in [0.717, 1.165) is 42.7 Å². The van der Waals surface area contributed by atoms with Gasteiger partial charge in [0, 0.05) is 12.1 Å². The Labute approximate surface area is 114 Å². The largest absolute Gasteiger partial charge is 0.497 e. The molecule has 0 heterocycles. The van der Waals surface area contributed by atoms with Gasteiger partial charge >= 0.3 is 0 Å². The maximum Gasteiger partial charge on any atom is 0.124 e. The zero-order chi connectivity index (χ0) is 13.7. The molecule has 0 amide bonds. The van der Waals surface area contributed by atoms with Crippen LogP contribution >= 0.6 is 0 Å². The van der Waals surface area contributed by atoms with Crippen molar-refractivity contribution >= 4 is 0 Å². The van der Waals surface area contributed by atoms with Crippen LogP contribution in [0.1, 0.15) is 31.2 Å². The van der Waals surface area contributed by atoms with Gasteiger partial charge in [0.2, 0.25) is 0 Å². The molecule has 1 aromatic rings. The number of hydrogen-bond acceptors (Lipinski definition) is 4. The summed E-state index contributed by atoms with van der Waals surface area (Å²) in [5.41, 5.74) is 0.403. The fourth-order valence-corrected chi connectivity index (χ4v) is 2.54. The van der Waals surface area contributed by atoms with Crippen LogP contribution in [-0.4, -0.2) is 31.5 Å². The molecule has 0 atom stereocenters. The van der Waals surface area contributed by atoms with Gasteiger partial charge in [-0.3, -0.25) is 0 Å². The molecule has 0 unspecified atom stereocenters. The minimum atomic E-state index is -0.642. The molecule has 1 fully saturated rings. The zero-order valence-corrected chi connectivity index (χ0v) is 11.7. The lowest BCUT2D eigenvalue weighted by molar-refractivity contribution is 0.00111. The highest BCUT2D eigenvalue weighted by Gasteiger charge is 2.32. The maximum absolute atomic E-state index is 10.3. The number of methoxy groups -OCH3 is 1. The molecule has 0 saturated heterocycles. The summed E-state index contributed by atoms with van der Waals surface area (Å²) in [6.45, 7) is 1.08. The Balaban J connectivity index is 2.05. The fourth-order valence-electron chi connectivity index (χ4n) is 2.54. The van der Waals surface area contributed by atoms with E-state index in [0.29, 0.717) is 13.2 Å². The topological polar surface area (TPSA) is 50.7 Å². The Kier molecular flexibility index (Phi) is 4.66. The molecule has 0 aromatic heterocycles. The minimum Gasteiger partial charge on any atom is -0.497 e. The molecule has 1 aliphatic rings. The van der Waals surface area contributed by atoms with Gasteiger partial charge in [-0.1, -0.05) is 12.8 Å². The Morgan fingerprint density at radius 1 is 1.32 bits per heavy atom. The van der Waals surface area contributed by atoms with Crippen LogP contribution in [0.25, 0.3) is 0 Å². The fraction of sp³-hybridized carbons (Fsp3) is 0.600. The normalized spacial score (nSPS) is 17.4. The number of ether oxygens (including phenoxy) is 2. The molecule has 106 valence electrons. The molecule has 19 heavy (non-hydrogen) atoms. The summed E-state index contributed by atoms with van der Waals surface area (Å²) in [6.07, 6.45) is 3.85. The molecule has 0 bridgehead atoms. The summed E-state index contributed by atoms with van der Waals surface area (Å²) in [5, 5.41) is 13.4. The molecule has 2 N–H and O–H groups in total. The SMILES string of the molecule is CNCc1cc(OC)ccc1OCC1(O)CCCC1. The quantitative estimate of drug-likeness (QED) is 0.827. The first-order chi connectivity index (χ1) is 9.17. The van der Waals surface area contributed by atoms with Gasteiger partial charge in [-0.15, -0.1) is 0 Å². The van der Waals surface area contributed by atoms with E-state index >= 15 is 0 Å². The average Bonchev–Trinajstić information content (AvgIpc) is 2.85. The van der Waals surface area contributed by atoms with Crippen LogP contribution in [0.4, 0.5) is 0 Å². The third-order valence-corrected chi connectivity index (χ3v) is 3.67. The van der Waals surface area contributed by atoms with Crippen molar-refractivity contribution in [3.8, 4) is 11.5 Å². The first-order valence-corrected chi connectivity index (χ1v) is 6.83. The standard InChI is InChI=1S/C15H23NO3/c1-16-10-12-9-13(18-2)5-6-14(12)19-11-15(17)7-3-4-8-15/h5-6,9,16-17H,3-4,7-8,10-11H2,1-2H3. The first kappa shape index (κ1) is 14.2.